The molecule has 0 saturated carbocycles. The zero-order valence-electron chi connectivity index (χ0n) is 19.3. The van der Waals surface area contributed by atoms with Gasteiger partial charge in [0.2, 0.25) is 0 Å². The summed E-state index contributed by atoms with van der Waals surface area (Å²) in [6, 6.07) is 13.7. The molecule has 0 bridgehead atoms. The Morgan fingerprint density at radius 3 is 2.68 bits per heavy atom. The molecule has 4 aromatic rings. The highest BCUT2D eigenvalue weighted by molar-refractivity contribution is 7.17. The normalized spacial score (nSPS) is 13.0. The van der Waals surface area contributed by atoms with Crippen LogP contribution in [0.2, 0.25) is 0 Å². The van der Waals surface area contributed by atoms with Crippen LogP contribution in [0.4, 0.5) is 5.00 Å². The minimum absolute atomic E-state index is 0.240. The van der Waals surface area contributed by atoms with E-state index in [4.69, 9.17) is 9.72 Å². The van der Waals surface area contributed by atoms with Crippen LogP contribution in [0.1, 0.15) is 62.7 Å². The number of carbonyl (C=O) groups is 2. The van der Waals surface area contributed by atoms with Gasteiger partial charge in [-0.2, -0.15) is 0 Å². The number of pyridine rings is 1. The molecule has 5 rings (SSSR count). The van der Waals surface area contributed by atoms with E-state index in [9.17, 15) is 9.59 Å². The molecule has 1 aromatic carbocycles. The minimum Gasteiger partial charge on any atom is -0.462 e. The molecule has 34 heavy (non-hydrogen) atoms. The summed E-state index contributed by atoms with van der Waals surface area (Å²) >= 11 is 3.20. The second-order valence-corrected chi connectivity index (χ2v) is 10.6. The topological polar surface area (TPSA) is 68.3 Å². The van der Waals surface area contributed by atoms with Crippen LogP contribution < -0.4 is 5.32 Å². The van der Waals surface area contributed by atoms with E-state index in [1.807, 2.05) is 30.3 Å². The fourth-order valence-electron chi connectivity index (χ4n) is 4.44. The minimum atomic E-state index is -0.358. The van der Waals surface area contributed by atoms with Gasteiger partial charge in [-0.3, -0.25) is 4.79 Å². The Hall–Kier alpha value is -3.03. The Morgan fingerprint density at radius 1 is 1.06 bits per heavy atom. The molecule has 1 aliphatic carbocycles. The van der Waals surface area contributed by atoms with E-state index in [1.165, 1.54) is 21.1 Å². The van der Waals surface area contributed by atoms with Gasteiger partial charge in [-0.1, -0.05) is 25.1 Å². The fourth-order valence-corrected chi connectivity index (χ4v) is 6.62. The maximum Gasteiger partial charge on any atom is 0.341 e. The molecule has 0 unspecified atom stereocenters. The van der Waals surface area contributed by atoms with Gasteiger partial charge in [0, 0.05) is 15.1 Å². The van der Waals surface area contributed by atoms with Gasteiger partial charge in [-0.05, 0) is 68.9 Å². The number of esters is 1. The van der Waals surface area contributed by atoms with E-state index in [0.29, 0.717) is 22.7 Å². The van der Waals surface area contributed by atoms with Crippen molar-refractivity contribution in [1.82, 2.24) is 4.98 Å². The molecule has 0 fully saturated rings. The van der Waals surface area contributed by atoms with Crippen LogP contribution in [-0.2, 0) is 24.0 Å². The van der Waals surface area contributed by atoms with Crippen molar-refractivity contribution in [1.29, 1.82) is 0 Å². The number of nitrogens with zero attached hydrogens (tertiary/aromatic N) is 1. The number of fused-ring (bicyclic) bond motifs is 2. The first-order valence-corrected chi connectivity index (χ1v) is 13.3. The van der Waals surface area contributed by atoms with Crippen LogP contribution in [0.25, 0.3) is 21.5 Å². The summed E-state index contributed by atoms with van der Waals surface area (Å²) in [5.41, 5.74) is 3.67. The SMILES string of the molecule is CCOC(=O)c1c(NC(=O)c2cc(-c3ccc(CC)s3)nc3ccccc23)sc2c1CCCC2. The molecule has 3 aromatic heterocycles. The van der Waals surface area contributed by atoms with Gasteiger partial charge in [-0.15, -0.1) is 22.7 Å². The molecule has 0 spiro atoms. The lowest BCUT2D eigenvalue weighted by molar-refractivity contribution is 0.0526. The Morgan fingerprint density at radius 2 is 1.88 bits per heavy atom. The number of nitrogens with one attached hydrogen (secondary N) is 1. The first kappa shape index (κ1) is 22.7. The molecule has 1 amide bonds. The lowest BCUT2D eigenvalue weighted by Crippen LogP contribution is -2.16. The van der Waals surface area contributed by atoms with Crippen molar-refractivity contribution in [2.45, 2.75) is 46.0 Å². The fraction of sp³-hybridized carbons (Fsp3) is 0.296. The molecule has 0 radical (unpaired) electrons. The number of thiophene rings is 2. The summed E-state index contributed by atoms with van der Waals surface area (Å²) < 4.78 is 5.35. The molecular weight excluding hydrogens is 464 g/mol. The van der Waals surface area contributed by atoms with Gasteiger partial charge in [0.1, 0.15) is 5.00 Å². The summed E-state index contributed by atoms with van der Waals surface area (Å²) in [6.07, 6.45) is 4.88. The van der Waals surface area contributed by atoms with Crippen molar-refractivity contribution in [3.05, 3.63) is 68.9 Å². The molecule has 1 N–H and O–H groups in total. The second kappa shape index (κ2) is 9.68. The number of aryl methyl sites for hydroxylation is 2. The van der Waals surface area contributed by atoms with Crippen molar-refractivity contribution >= 4 is 50.5 Å². The largest absolute Gasteiger partial charge is 0.462 e. The number of aromatic nitrogens is 1. The summed E-state index contributed by atoms with van der Waals surface area (Å²) in [6.45, 7) is 4.23. The zero-order chi connectivity index (χ0) is 23.7. The predicted octanol–water partition coefficient (Wildman–Crippen LogP) is 6.90. The van der Waals surface area contributed by atoms with E-state index >= 15 is 0 Å². The first-order chi connectivity index (χ1) is 16.6. The Bertz CT molecular complexity index is 1390. The molecule has 3 heterocycles. The number of hydrogen-bond acceptors (Lipinski definition) is 6. The molecule has 1 aliphatic rings. The van der Waals surface area contributed by atoms with Crippen LogP contribution in [0.3, 0.4) is 0 Å². The summed E-state index contributed by atoms with van der Waals surface area (Å²) in [5, 5.41) is 4.44. The first-order valence-electron chi connectivity index (χ1n) is 11.7. The highest BCUT2D eigenvalue weighted by Gasteiger charge is 2.28. The second-order valence-electron chi connectivity index (χ2n) is 8.28. The molecule has 0 aliphatic heterocycles. The van der Waals surface area contributed by atoms with Crippen molar-refractivity contribution in [2.24, 2.45) is 0 Å². The number of anilines is 1. The summed E-state index contributed by atoms with van der Waals surface area (Å²) in [4.78, 5) is 34.8. The van der Waals surface area contributed by atoms with Gasteiger partial charge in [0.15, 0.2) is 0 Å². The van der Waals surface area contributed by atoms with Crippen LogP contribution in [0, 0.1) is 0 Å². The number of ether oxygens (including phenoxy) is 1. The van der Waals surface area contributed by atoms with E-state index in [1.54, 1.807) is 18.3 Å². The third kappa shape index (κ3) is 4.26. The standard InChI is InChI=1S/C27H26N2O3S2/c1-3-16-13-14-23(33-16)21-15-19(17-9-5-7-11-20(17)28-21)25(30)29-26-24(27(31)32-4-2)18-10-6-8-12-22(18)34-26/h5,7,9,11,13-15H,3-4,6,8,10,12H2,1-2H3,(H,29,30). The zero-order valence-corrected chi connectivity index (χ0v) is 20.9. The number of benzene rings is 1. The quantitative estimate of drug-likeness (QED) is 0.299. The summed E-state index contributed by atoms with van der Waals surface area (Å²) in [7, 11) is 0. The maximum absolute atomic E-state index is 13.6. The average molecular weight is 491 g/mol. The van der Waals surface area contributed by atoms with E-state index in [-0.39, 0.29) is 11.9 Å². The third-order valence-electron chi connectivity index (χ3n) is 6.10. The van der Waals surface area contributed by atoms with Crippen LogP contribution in [0.5, 0.6) is 0 Å². The number of para-hydroxylation sites is 1. The number of rotatable bonds is 6. The van der Waals surface area contributed by atoms with Gasteiger partial charge >= 0.3 is 5.97 Å². The van der Waals surface area contributed by atoms with E-state index in [0.717, 1.165) is 59.1 Å². The van der Waals surface area contributed by atoms with Gasteiger partial charge in [0.05, 0.1) is 33.8 Å². The smallest absolute Gasteiger partial charge is 0.341 e. The molecule has 0 saturated heterocycles. The molecular formula is C27H26N2O3S2. The van der Waals surface area contributed by atoms with Crippen LogP contribution >= 0.6 is 22.7 Å². The highest BCUT2D eigenvalue weighted by Crippen LogP contribution is 2.39. The summed E-state index contributed by atoms with van der Waals surface area (Å²) in [5.74, 6) is -0.598. The number of amides is 1. The van der Waals surface area contributed by atoms with E-state index in [2.05, 4.69) is 24.4 Å². The number of hydrogen-bond donors (Lipinski definition) is 1. The average Bonchev–Trinajstić information content (AvgIpc) is 3.48. The Balaban J connectivity index is 1.57. The predicted molar refractivity (Wildman–Crippen MR) is 139 cm³/mol. The van der Waals surface area contributed by atoms with Crippen molar-refractivity contribution in [3.8, 4) is 10.6 Å². The van der Waals surface area contributed by atoms with Gasteiger partial charge in [0.25, 0.3) is 5.91 Å². The third-order valence-corrected chi connectivity index (χ3v) is 8.56. The lowest BCUT2D eigenvalue weighted by atomic mass is 9.95. The van der Waals surface area contributed by atoms with Crippen LogP contribution in [-0.4, -0.2) is 23.5 Å². The van der Waals surface area contributed by atoms with Crippen molar-refractivity contribution in [3.63, 3.8) is 0 Å². The van der Waals surface area contributed by atoms with E-state index < -0.39 is 0 Å². The van der Waals surface area contributed by atoms with Gasteiger partial charge < -0.3 is 10.1 Å². The maximum atomic E-state index is 13.6. The molecule has 5 nitrogen and oxygen atoms in total. The number of carbonyl (C=O) groups excluding carboxylic acids is 2. The lowest BCUT2D eigenvalue weighted by Gasteiger charge is -2.13. The molecule has 174 valence electrons. The van der Waals surface area contributed by atoms with Gasteiger partial charge in [-0.25, -0.2) is 9.78 Å². The Kier molecular flexibility index (Phi) is 6.48. The van der Waals surface area contributed by atoms with Crippen molar-refractivity contribution < 1.29 is 14.3 Å². The molecule has 7 heteroatoms. The monoisotopic (exact) mass is 490 g/mol. The Labute approximate surface area is 206 Å². The van der Waals surface area contributed by atoms with Crippen molar-refractivity contribution in [2.75, 3.05) is 11.9 Å². The van der Waals surface area contributed by atoms with Crippen LogP contribution in [0.15, 0.2) is 42.5 Å². The molecule has 0 atom stereocenters. The highest BCUT2D eigenvalue weighted by atomic mass is 32.1.